The number of aliphatic hydroxyl groups is 1. The molecular weight excluding hydrogens is 214 g/mol. The molecule has 0 aliphatic carbocycles. The van der Waals surface area contributed by atoms with Gasteiger partial charge in [-0.25, -0.2) is 0 Å². The highest BCUT2D eigenvalue weighted by Crippen LogP contribution is 2.17. The molecule has 0 bridgehead atoms. The van der Waals surface area contributed by atoms with Crippen LogP contribution in [0.25, 0.3) is 0 Å². The summed E-state index contributed by atoms with van der Waals surface area (Å²) in [7, 11) is 0. The van der Waals surface area contributed by atoms with E-state index in [1.807, 2.05) is 32.9 Å². The third kappa shape index (κ3) is 2.86. The molecule has 1 amide bonds. The molecule has 1 aromatic rings. The second-order valence-corrected chi connectivity index (χ2v) is 3.93. The van der Waals surface area contributed by atoms with E-state index in [0.29, 0.717) is 18.7 Å². The maximum absolute atomic E-state index is 12.3. The van der Waals surface area contributed by atoms with Gasteiger partial charge >= 0.3 is 0 Å². The fraction of sp³-hybridized carbons (Fsp3) is 0.500. The molecule has 0 saturated heterocycles. The normalized spacial score (nSPS) is 10.4. The summed E-state index contributed by atoms with van der Waals surface area (Å²) in [5, 5.41) is 9.44. The van der Waals surface area contributed by atoms with Gasteiger partial charge in [-0.1, -0.05) is 19.1 Å². The minimum absolute atomic E-state index is 0.00866. The molecule has 0 unspecified atom stereocenters. The second kappa shape index (κ2) is 6.40. The molecule has 0 heterocycles. The number of aryl methyl sites for hydroxylation is 1. The summed E-state index contributed by atoms with van der Waals surface area (Å²) in [5.41, 5.74) is 2.45. The van der Waals surface area contributed by atoms with Gasteiger partial charge in [0.1, 0.15) is 0 Å². The van der Waals surface area contributed by atoms with Crippen LogP contribution in [-0.4, -0.2) is 29.0 Å². The van der Waals surface area contributed by atoms with Crippen LogP contribution < -0.4 is 0 Å². The third-order valence-corrected chi connectivity index (χ3v) is 3.09. The first-order valence-corrected chi connectivity index (χ1v) is 6.20. The van der Waals surface area contributed by atoms with Crippen LogP contribution >= 0.6 is 0 Å². The predicted molar refractivity (Wildman–Crippen MR) is 69.0 cm³/mol. The lowest BCUT2D eigenvalue weighted by Crippen LogP contribution is -2.31. The van der Waals surface area contributed by atoms with Crippen molar-refractivity contribution in [1.29, 1.82) is 0 Å². The second-order valence-electron chi connectivity index (χ2n) is 3.93. The number of amides is 1. The van der Waals surface area contributed by atoms with Gasteiger partial charge in [-0.2, -0.15) is 0 Å². The van der Waals surface area contributed by atoms with Crippen LogP contribution in [0.4, 0.5) is 0 Å². The highest BCUT2D eigenvalue weighted by molar-refractivity contribution is 5.96. The molecule has 94 valence electrons. The van der Waals surface area contributed by atoms with Crippen molar-refractivity contribution in [1.82, 2.24) is 4.90 Å². The Hall–Kier alpha value is -1.35. The fourth-order valence-corrected chi connectivity index (χ4v) is 2.03. The van der Waals surface area contributed by atoms with Crippen LogP contribution in [0.2, 0.25) is 0 Å². The highest BCUT2D eigenvalue weighted by atomic mass is 16.3. The Labute approximate surface area is 103 Å². The van der Waals surface area contributed by atoms with Gasteiger partial charge in [-0.3, -0.25) is 4.79 Å². The van der Waals surface area contributed by atoms with E-state index in [9.17, 15) is 9.90 Å². The van der Waals surface area contributed by atoms with E-state index in [2.05, 4.69) is 0 Å². The Morgan fingerprint density at radius 3 is 2.35 bits per heavy atom. The average molecular weight is 235 g/mol. The van der Waals surface area contributed by atoms with Gasteiger partial charge in [-0.05, 0) is 37.5 Å². The highest BCUT2D eigenvalue weighted by Gasteiger charge is 2.17. The van der Waals surface area contributed by atoms with Gasteiger partial charge in [0.15, 0.2) is 0 Å². The molecule has 1 N–H and O–H groups in total. The zero-order chi connectivity index (χ0) is 12.8. The fourth-order valence-electron chi connectivity index (χ4n) is 2.03. The van der Waals surface area contributed by atoms with E-state index < -0.39 is 0 Å². The molecule has 0 radical (unpaired) electrons. The molecule has 0 aliphatic heterocycles. The molecule has 3 heteroatoms. The molecule has 3 nitrogen and oxygen atoms in total. The quantitative estimate of drug-likeness (QED) is 0.850. The number of benzene rings is 1. The number of aliphatic hydroxyl groups excluding tert-OH is 1. The molecular formula is C14H21NO2. The maximum atomic E-state index is 12.3. The molecule has 0 fully saturated rings. The number of hydrogen-bond acceptors (Lipinski definition) is 2. The first-order chi connectivity index (χ1) is 8.19. The number of carbonyl (C=O) groups is 1. The number of nitrogens with zero attached hydrogens (tertiary/aromatic N) is 1. The topological polar surface area (TPSA) is 40.5 Å². The van der Waals surface area contributed by atoms with E-state index in [4.69, 9.17) is 0 Å². The summed E-state index contributed by atoms with van der Waals surface area (Å²) in [6, 6.07) is 5.64. The van der Waals surface area contributed by atoms with Crippen LogP contribution in [0.3, 0.4) is 0 Å². The lowest BCUT2D eigenvalue weighted by atomic mass is 9.99. The van der Waals surface area contributed by atoms with E-state index in [-0.39, 0.29) is 12.5 Å². The molecule has 1 aromatic carbocycles. The SMILES string of the molecule is CCc1cccc(C(=O)N(CC)CC)c1CO. The summed E-state index contributed by atoms with van der Waals surface area (Å²) >= 11 is 0. The first kappa shape index (κ1) is 13.7. The lowest BCUT2D eigenvalue weighted by Gasteiger charge is -2.21. The Morgan fingerprint density at radius 1 is 1.24 bits per heavy atom. The summed E-state index contributed by atoms with van der Waals surface area (Å²) in [6.07, 6.45) is 0.829. The van der Waals surface area contributed by atoms with Crippen molar-refractivity contribution in [2.45, 2.75) is 33.8 Å². The average Bonchev–Trinajstić information content (AvgIpc) is 2.38. The van der Waals surface area contributed by atoms with Crippen molar-refractivity contribution in [2.75, 3.05) is 13.1 Å². The van der Waals surface area contributed by atoms with Crippen molar-refractivity contribution >= 4 is 5.91 Å². The minimum Gasteiger partial charge on any atom is -0.392 e. The first-order valence-electron chi connectivity index (χ1n) is 6.20. The summed E-state index contributed by atoms with van der Waals surface area (Å²) in [6.45, 7) is 7.26. The van der Waals surface area contributed by atoms with Crippen molar-refractivity contribution in [2.24, 2.45) is 0 Å². The summed E-state index contributed by atoms with van der Waals surface area (Å²) in [5.74, 6) is 0.00866. The largest absolute Gasteiger partial charge is 0.392 e. The van der Waals surface area contributed by atoms with Crippen LogP contribution in [0.15, 0.2) is 18.2 Å². The van der Waals surface area contributed by atoms with Gasteiger partial charge < -0.3 is 10.0 Å². The standard InChI is InChI=1S/C14H21NO2/c1-4-11-8-7-9-12(13(11)10-16)14(17)15(5-2)6-3/h7-9,16H,4-6,10H2,1-3H3. The van der Waals surface area contributed by atoms with Gasteiger partial charge in [-0.15, -0.1) is 0 Å². The number of hydrogen-bond donors (Lipinski definition) is 1. The van der Waals surface area contributed by atoms with Crippen LogP contribution in [-0.2, 0) is 13.0 Å². The molecule has 1 rings (SSSR count). The molecule has 17 heavy (non-hydrogen) atoms. The van der Waals surface area contributed by atoms with Gasteiger partial charge in [0.05, 0.1) is 6.61 Å². The van der Waals surface area contributed by atoms with Crippen molar-refractivity contribution in [3.63, 3.8) is 0 Å². The predicted octanol–water partition coefficient (Wildman–Crippen LogP) is 2.22. The van der Waals surface area contributed by atoms with Gasteiger partial charge in [0.25, 0.3) is 5.91 Å². The van der Waals surface area contributed by atoms with Crippen LogP contribution in [0.5, 0.6) is 0 Å². The Morgan fingerprint density at radius 2 is 1.88 bits per heavy atom. The summed E-state index contributed by atoms with van der Waals surface area (Å²) < 4.78 is 0. The maximum Gasteiger partial charge on any atom is 0.254 e. The minimum atomic E-state index is -0.0770. The zero-order valence-electron chi connectivity index (χ0n) is 10.9. The monoisotopic (exact) mass is 235 g/mol. The van der Waals surface area contributed by atoms with E-state index >= 15 is 0 Å². The van der Waals surface area contributed by atoms with Crippen molar-refractivity contribution in [3.8, 4) is 0 Å². The molecule has 0 spiro atoms. The van der Waals surface area contributed by atoms with Crippen molar-refractivity contribution < 1.29 is 9.90 Å². The zero-order valence-corrected chi connectivity index (χ0v) is 10.9. The van der Waals surface area contributed by atoms with Gasteiger partial charge in [0.2, 0.25) is 0 Å². The van der Waals surface area contributed by atoms with Crippen LogP contribution in [0.1, 0.15) is 42.3 Å². The Kier molecular flexibility index (Phi) is 5.16. The Bertz CT molecular complexity index is 384. The summed E-state index contributed by atoms with van der Waals surface area (Å²) in [4.78, 5) is 14.0. The smallest absolute Gasteiger partial charge is 0.254 e. The van der Waals surface area contributed by atoms with E-state index in [1.165, 1.54) is 0 Å². The van der Waals surface area contributed by atoms with E-state index in [0.717, 1.165) is 17.5 Å². The Balaban J connectivity index is 3.16. The van der Waals surface area contributed by atoms with Gasteiger partial charge in [0, 0.05) is 18.7 Å². The number of carbonyl (C=O) groups excluding carboxylic acids is 1. The molecule has 0 atom stereocenters. The number of rotatable bonds is 5. The molecule has 0 aromatic heterocycles. The third-order valence-electron chi connectivity index (χ3n) is 3.09. The van der Waals surface area contributed by atoms with Crippen molar-refractivity contribution in [3.05, 3.63) is 34.9 Å². The van der Waals surface area contributed by atoms with Crippen LogP contribution in [0, 0.1) is 0 Å². The van der Waals surface area contributed by atoms with E-state index in [1.54, 1.807) is 11.0 Å². The molecule has 0 aliphatic rings. The molecule has 0 saturated carbocycles. The lowest BCUT2D eigenvalue weighted by molar-refractivity contribution is 0.0769.